The maximum atomic E-state index is 4.66. The quantitative estimate of drug-likeness (QED) is 0.901. The Morgan fingerprint density at radius 2 is 2.21 bits per heavy atom. The highest BCUT2D eigenvalue weighted by Crippen LogP contribution is 2.20. The predicted molar refractivity (Wildman–Crippen MR) is 75.0 cm³/mol. The van der Waals surface area contributed by atoms with Gasteiger partial charge in [-0.1, -0.05) is 0 Å². The normalized spacial score (nSPS) is 14.5. The van der Waals surface area contributed by atoms with Crippen molar-refractivity contribution in [2.45, 2.75) is 26.6 Å². The maximum absolute atomic E-state index is 4.66. The van der Waals surface area contributed by atoms with E-state index in [0.29, 0.717) is 0 Å². The van der Waals surface area contributed by atoms with E-state index < -0.39 is 0 Å². The first-order valence-corrected chi connectivity index (χ1v) is 6.63. The molecule has 5 heteroatoms. The Bertz CT molecular complexity index is 575. The lowest BCUT2D eigenvalue weighted by Crippen LogP contribution is -2.34. The third kappa shape index (κ3) is 2.46. The molecule has 100 valence electrons. The van der Waals surface area contributed by atoms with Crippen LogP contribution < -0.4 is 10.2 Å². The van der Waals surface area contributed by atoms with Crippen LogP contribution in [0.1, 0.15) is 17.1 Å². The van der Waals surface area contributed by atoms with E-state index in [-0.39, 0.29) is 0 Å². The summed E-state index contributed by atoms with van der Waals surface area (Å²) in [5.41, 5.74) is 2.34. The van der Waals surface area contributed by atoms with E-state index in [1.807, 2.05) is 26.4 Å². The molecule has 5 nitrogen and oxygen atoms in total. The molecule has 0 unspecified atom stereocenters. The Balaban J connectivity index is 1.87. The number of aromatic nitrogens is 3. The average Bonchev–Trinajstić information content (AvgIpc) is 2.85. The first-order chi connectivity index (χ1) is 9.26. The van der Waals surface area contributed by atoms with E-state index in [1.165, 1.54) is 5.56 Å². The van der Waals surface area contributed by atoms with Crippen molar-refractivity contribution in [1.29, 1.82) is 0 Å². The molecule has 2 aromatic heterocycles. The number of pyridine rings is 1. The number of aryl methyl sites for hydroxylation is 1. The van der Waals surface area contributed by atoms with E-state index in [2.05, 4.69) is 36.9 Å². The van der Waals surface area contributed by atoms with Crippen molar-refractivity contribution in [2.24, 2.45) is 0 Å². The number of anilines is 1. The summed E-state index contributed by atoms with van der Waals surface area (Å²) < 4.78 is 2.21. The van der Waals surface area contributed by atoms with Gasteiger partial charge in [0.1, 0.15) is 11.6 Å². The molecule has 0 atom stereocenters. The van der Waals surface area contributed by atoms with Crippen LogP contribution in [0.25, 0.3) is 0 Å². The molecular weight excluding hydrogens is 238 g/mol. The molecule has 0 fully saturated rings. The van der Waals surface area contributed by atoms with Crippen LogP contribution in [-0.4, -0.2) is 28.1 Å². The van der Waals surface area contributed by atoms with E-state index in [1.54, 1.807) is 0 Å². The van der Waals surface area contributed by atoms with Gasteiger partial charge in [-0.25, -0.2) is 9.97 Å². The Morgan fingerprint density at radius 3 is 3.05 bits per heavy atom. The van der Waals surface area contributed by atoms with Gasteiger partial charge in [0.25, 0.3) is 0 Å². The summed E-state index contributed by atoms with van der Waals surface area (Å²) in [5, 5.41) is 3.19. The van der Waals surface area contributed by atoms with E-state index in [4.69, 9.17) is 0 Å². The summed E-state index contributed by atoms with van der Waals surface area (Å²) in [5.74, 6) is 2.17. The second-order valence-electron chi connectivity index (χ2n) is 4.96. The van der Waals surface area contributed by atoms with Crippen molar-refractivity contribution in [3.8, 4) is 0 Å². The van der Waals surface area contributed by atoms with Gasteiger partial charge >= 0.3 is 0 Å². The molecule has 0 amide bonds. The molecule has 3 rings (SSSR count). The van der Waals surface area contributed by atoms with Gasteiger partial charge in [0.2, 0.25) is 0 Å². The molecule has 0 saturated heterocycles. The predicted octanol–water partition coefficient (Wildman–Crippen LogP) is 1.33. The highest BCUT2D eigenvalue weighted by atomic mass is 15.3. The number of nitrogens with one attached hydrogen (secondary N) is 1. The number of rotatable bonds is 3. The van der Waals surface area contributed by atoms with E-state index in [9.17, 15) is 0 Å². The molecule has 0 radical (unpaired) electrons. The van der Waals surface area contributed by atoms with Gasteiger partial charge in [0, 0.05) is 37.7 Å². The number of imidazole rings is 1. The SMILES string of the molecule is CNCc1cc(C)nc(N2CCn3ccnc3C2)c1. The lowest BCUT2D eigenvalue weighted by atomic mass is 10.2. The fourth-order valence-corrected chi connectivity index (χ4v) is 2.56. The second kappa shape index (κ2) is 5.01. The second-order valence-corrected chi connectivity index (χ2v) is 4.96. The minimum Gasteiger partial charge on any atom is -0.347 e. The maximum Gasteiger partial charge on any atom is 0.129 e. The lowest BCUT2D eigenvalue weighted by Gasteiger charge is -2.29. The Labute approximate surface area is 113 Å². The Kier molecular flexibility index (Phi) is 3.21. The van der Waals surface area contributed by atoms with Gasteiger partial charge in [-0.3, -0.25) is 0 Å². The summed E-state index contributed by atoms with van der Waals surface area (Å²) in [6.45, 7) is 5.72. The molecule has 3 heterocycles. The van der Waals surface area contributed by atoms with Crippen molar-refractivity contribution < 1.29 is 0 Å². The van der Waals surface area contributed by atoms with Crippen LogP contribution in [0.5, 0.6) is 0 Å². The first-order valence-electron chi connectivity index (χ1n) is 6.63. The number of hydrogen-bond acceptors (Lipinski definition) is 4. The summed E-state index contributed by atoms with van der Waals surface area (Å²) in [6.07, 6.45) is 3.91. The molecule has 0 bridgehead atoms. The molecule has 1 N–H and O–H groups in total. The molecule has 0 spiro atoms. The van der Waals surface area contributed by atoms with Gasteiger partial charge in [-0.05, 0) is 31.7 Å². The zero-order chi connectivity index (χ0) is 13.2. The summed E-state index contributed by atoms with van der Waals surface area (Å²) in [4.78, 5) is 11.4. The van der Waals surface area contributed by atoms with Gasteiger partial charge in [-0.15, -0.1) is 0 Å². The molecule has 19 heavy (non-hydrogen) atoms. The van der Waals surface area contributed by atoms with Crippen LogP contribution in [-0.2, 0) is 19.6 Å². The molecule has 0 saturated carbocycles. The number of fused-ring (bicyclic) bond motifs is 1. The smallest absolute Gasteiger partial charge is 0.129 e. The minimum absolute atomic E-state index is 0.836. The van der Waals surface area contributed by atoms with Crippen LogP contribution in [0, 0.1) is 6.92 Å². The topological polar surface area (TPSA) is 46.0 Å². The van der Waals surface area contributed by atoms with Crippen LogP contribution in [0.15, 0.2) is 24.5 Å². The summed E-state index contributed by atoms with van der Waals surface area (Å²) in [7, 11) is 1.97. The van der Waals surface area contributed by atoms with Crippen LogP contribution in [0.3, 0.4) is 0 Å². The molecule has 2 aromatic rings. The highest BCUT2D eigenvalue weighted by molar-refractivity contribution is 5.43. The molecule has 0 aromatic carbocycles. The average molecular weight is 257 g/mol. The first kappa shape index (κ1) is 12.2. The zero-order valence-electron chi connectivity index (χ0n) is 11.4. The third-order valence-electron chi connectivity index (χ3n) is 3.45. The van der Waals surface area contributed by atoms with Crippen molar-refractivity contribution in [2.75, 3.05) is 18.5 Å². The third-order valence-corrected chi connectivity index (χ3v) is 3.45. The van der Waals surface area contributed by atoms with Crippen molar-refractivity contribution >= 4 is 5.82 Å². The van der Waals surface area contributed by atoms with Crippen molar-refractivity contribution in [1.82, 2.24) is 19.9 Å². The van der Waals surface area contributed by atoms with Crippen LogP contribution in [0.4, 0.5) is 5.82 Å². The molecular formula is C14H19N5. The minimum atomic E-state index is 0.836. The van der Waals surface area contributed by atoms with Crippen LogP contribution in [0.2, 0.25) is 0 Å². The molecule has 1 aliphatic heterocycles. The van der Waals surface area contributed by atoms with E-state index in [0.717, 1.165) is 43.5 Å². The number of nitrogens with zero attached hydrogens (tertiary/aromatic N) is 4. The van der Waals surface area contributed by atoms with Gasteiger partial charge in [0.15, 0.2) is 0 Å². The lowest BCUT2D eigenvalue weighted by molar-refractivity contribution is 0.555. The fourth-order valence-electron chi connectivity index (χ4n) is 2.56. The van der Waals surface area contributed by atoms with E-state index >= 15 is 0 Å². The van der Waals surface area contributed by atoms with Gasteiger partial charge < -0.3 is 14.8 Å². The highest BCUT2D eigenvalue weighted by Gasteiger charge is 2.18. The fraction of sp³-hybridized carbons (Fsp3) is 0.429. The Hall–Kier alpha value is -1.88. The standard InChI is InChI=1S/C14H19N5/c1-11-7-12(9-15-2)8-13(17-11)19-6-5-18-4-3-16-14(18)10-19/h3-4,7-8,15H,5-6,9-10H2,1-2H3. The molecule has 0 aliphatic carbocycles. The Morgan fingerprint density at radius 1 is 1.32 bits per heavy atom. The monoisotopic (exact) mass is 257 g/mol. The summed E-state index contributed by atoms with van der Waals surface area (Å²) >= 11 is 0. The zero-order valence-corrected chi connectivity index (χ0v) is 11.4. The van der Waals surface area contributed by atoms with Crippen molar-refractivity contribution in [3.05, 3.63) is 41.6 Å². The molecule has 1 aliphatic rings. The van der Waals surface area contributed by atoms with Crippen LogP contribution >= 0.6 is 0 Å². The van der Waals surface area contributed by atoms with Gasteiger partial charge in [-0.2, -0.15) is 0 Å². The number of hydrogen-bond donors (Lipinski definition) is 1. The largest absolute Gasteiger partial charge is 0.347 e. The van der Waals surface area contributed by atoms with Gasteiger partial charge in [0.05, 0.1) is 6.54 Å². The van der Waals surface area contributed by atoms with Crippen molar-refractivity contribution in [3.63, 3.8) is 0 Å². The summed E-state index contributed by atoms with van der Waals surface area (Å²) in [6, 6.07) is 4.30.